The SMILES string of the molecule is CN=C(NCCC(F)(F)F)N1CCN(C2CC3CCC2C3)CC1. The molecule has 23 heavy (non-hydrogen) atoms. The highest BCUT2D eigenvalue weighted by Crippen LogP contribution is 2.46. The van der Waals surface area contributed by atoms with Crippen LogP contribution in [0, 0.1) is 11.8 Å². The van der Waals surface area contributed by atoms with Crippen molar-refractivity contribution in [3.05, 3.63) is 0 Å². The van der Waals surface area contributed by atoms with E-state index in [0.29, 0.717) is 5.96 Å². The average Bonchev–Trinajstić information content (AvgIpc) is 3.14. The minimum Gasteiger partial charge on any atom is -0.356 e. The third-order valence-corrected chi connectivity index (χ3v) is 5.69. The maximum absolute atomic E-state index is 12.2. The molecule has 0 aromatic heterocycles. The molecule has 0 amide bonds. The van der Waals surface area contributed by atoms with Crippen molar-refractivity contribution in [1.29, 1.82) is 0 Å². The number of alkyl halides is 3. The number of nitrogens with one attached hydrogen (secondary N) is 1. The fourth-order valence-electron chi connectivity index (χ4n) is 4.57. The predicted molar refractivity (Wildman–Crippen MR) is 84.4 cm³/mol. The second-order valence-electron chi connectivity index (χ2n) is 7.10. The molecule has 3 unspecified atom stereocenters. The molecular weight excluding hydrogens is 305 g/mol. The first-order chi connectivity index (χ1) is 11.0. The minimum atomic E-state index is -4.12. The molecule has 2 aliphatic carbocycles. The van der Waals surface area contributed by atoms with Gasteiger partial charge in [0.05, 0.1) is 6.42 Å². The molecule has 132 valence electrons. The van der Waals surface area contributed by atoms with Crippen LogP contribution in [0.4, 0.5) is 13.2 Å². The van der Waals surface area contributed by atoms with E-state index in [0.717, 1.165) is 44.1 Å². The lowest BCUT2D eigenvalue weighted by Crippen LogP contribution is -2.55. The van der Waals surface area contributed by atoms with Crippen LogP contribution in [0.15, 0.2) is 4.99 Å². The molecule has 7 heteroatoms. The quantitative estimate of drug-likeness (QED) is 0.636. The van der Waals surface area contributed by atoms with Gasteiger partial charge in [-0.1, -0.05) is 6.42 Å². The van der Waals surface area contributed by atoms with Crippen LogP contribution in [-0.4, -0.2) is 67.7 Å². The molecule has 3 fully saturated rings. The van der Waals surface area contributed by atoms with E-state index in [-0.39, 0.29) is 6.54 Å². The van der Waals surface area contributed by atoms with Gasteiger partial charge >= 0.3 is 6.18 Å². The van der Waals surface area contributed by atoms with Crippen molar-refractivity contribution in [2.75, 3.05) is 39.8 Å². The number of hydrogen-bond acceptors (Lipinski definition) is 2. The van der Waals surface area contributed by atoms with Crippen molar-refractivity contribution in [2.45, 2.75) is 44.3 Å². The van der Waals surface area contributed by atoms with E-state index in [4.69, 9.17) is 0 Å². The number of guanidine groups is 1. The Hall–Kier alpha value is -0.980. The number of aliphatic imine (C=N–C) groups is 1. The van der Waals surface area contributed by atoms with Gasteiger partial charge in [-0.05, 0) is 31.1 Å². The highest BCUT2D eigenvalue weighted by molar-refractivity contribution is 5.79. The van der Waals surface area contributed by atoms with Crippen molar-refractivity contribution < 1.29 is 13.2 Å². The summed E-state index contributed by atoms with van der Waals surface area (Å²) in [6.45, 7) is 3.57. The third-order valence-electron chi connectivity index (χ3n) is 5.69. The second-order valence-corrected chi connectivity index (χ2v) is 7.10. The minimum absolute atomic E-state index is 0.108. The van der Waals surface area contributed by atoms with Crippen LogP contribution in [0.2, 0.25) is 0 Å². The van der Waals surface area contributed by atoms with Gasteiger partial charge < -0.3 is 10.2 Å². The summed E-state index contributed by atoms with van der Waals surface area (Å²) in [5.74, 6) is 2.43. The molecule has 0 aromatic rings. The van der Waals surface area contributed by atoms with Crippen LogP contribution < -0.4 is 5.32 Å². The Morgan fingerprint density at radius 2 is 1.87 bits per heavy atom. The Balaban J connectivity index is 1.44. The summed E-state index contributed by atoms with van der Waals surface area (Å²) < 4.78 is 36.7. The standard InChI is InChI=1S/C16H27F3N4/c1-20-15(21-5-4-16(17,18)19)23-8-6-22(7-9-23)14-11-12-2-3-13(14)10-12/h12-14H,2-11H2,1H3,(H,20,21). The first kappa shape index (κ1) is 16.9. The molecule has 0 spiro atoms. The van der Waals surface area contributed by atoms with Gasteiger partial charge in [-0.2, -0.15) is 13.2 Å². The predicted octanol–water partition coefficient (Wildman–Crippen LogP) is 2.32. The Morgan fingerprint density at radius 3 is 2.39 bits per heavy atom. The van der Waals surface area contributed by atoms with Crippen LogP contribution in [0.1, 0.15) is 32.1 Å². The zero-order valence-electron chi connectivity index (χ0n) is 13.8. The Kier molecular flexibility index (Phi) is 5.04. The van der Waals surface area contributed by atoms with Gasteiger partial charge in [0.25, 0.3) is 0 Å². The highest BCUT2D eigenvalue weighted by atomic mass is 19.4. The van der Waals surface area contributed by atoms with E-state index in [2.05, 4.69) is 20.1 Å². The zero-order chi connectivity index (χ0) is 16.4. The molecule has 1 heterocycles. The second kappa shape index (κ2) is 6.87. The summed E-state index contributed by atoms with van der Waals surface area (Å²) in [5, 5.41) is 2.84. The Labute approximate surface area is 136 Å². The first-order valence-corrected chi connectivity index (χ1v) is 8.72. The van der Waals surface area contributed by atoms with E-state index >= 15 is 0 Å². The lowest BCUT2D eigenvalue weighted by molar-refractivity contribution is -0.132. The van der Waals surface area contributed by atoms with E-state index in [1.165, 1.54) is 25.7 Å². The summed E-state index contributed by atoms with van der Waals surface area (Å²) >= 11 is 0. The lowest BCUT2D eigenvalue weighted by atomic mass is 9.93. The smallest absolute Gasteiger partial charge is 0.356 e. The third kappa shape index (κ3) is 4.11. The molecule has 4 nitrogen and oxygen atoms in total. The topological polar surface area (TPSA) is 30.9 Å². The summed E-state index contributed by atoms with van der Waals surface area (Å²) in [5.41, 5.74) is 0. The van der Waals surface area contributed by atoms with Crippen LogP contribution in [-0.2, 0) is 0 Å². The molecule has 2 bridgehead atoms. The zero-order valence-corrected chi connectivity index (χ0v) is 13.8. The van der Waals surface area contributed by atoms with Crippen molar-refractivity contribution in [1.82, 2.24) is 15.1 Å². The highest BCUT2D eigenvalue weighted by Gasteiger charge is 2.42. The van der Waals surface area contributed by atoms with Crippen LogP contribution in [0.25, 0.3) is 0 Å². The molecule has 2 saturated carbocycles. The van der Waals surface area contributed by atoms with E-state index in [9.17, 15) is 13.2 Å². The molecule has 3 atom stereocenters. The van der Waals surface area contributed by atoms with Gasteiger partial charge in [0.1, 0.15) is 0 Å². The maximum atomic E-state index is 12.2. The molecule has 0 aromatic carbocycles. The van der Waals surface area contributed by atoms with Gasteiger partial charge in [-0.3, -0.25) is 9.89 Å². The fourth-order valence-corrected chi connectivity index (χ4v) is 4.57. The van der Waals surface area contributed by atoms with E-state index in [1.54, 1.807) is 7.05 Å². The molecule has 3 rings (SSSR count). The molecule has 1 N–H and O–H groups in total. The molecule has 0 radical (unpaired) electrons. The average molecular weight is 332 g/mol. The van der Waals surface area contributed by atoms with E-state index in [1.807, 2.05) is 0 Å². The van der Waals surface area contributed by atoms with Gasteiger partial charge in [0.15, 0.2) is 5.96 Å². The summed E-state index contributed by atoms with van der Waals surface area (Å²) in [7, 11) is 1.64. The largest absolute Gasteiger partial charge is 0.390 e. The number of piperazine rings is 1. The molecule has 1 saturated heterocycles. The number of nitrogens with zero attached hydrogens (tertiary/aromatic N) is 3. The number of hydrogen-bond donors (Lipinski definition) is 1. The monoisotopic (exact) mass is 332 g/mol. The summed E-state index contributed by atoms with van der Waals surface area (Å²) in [6.07, 6.45) is 0.616. The maximum Gasteiger partial charge on any atom is 0.390 e. The van der Waals surface area contributed by atoms with Crippen LogP contribution >= 0.6 is 0 Å². The molecular formula is C16H27F3N4. The number of rotatable bonds is 3. The molecule has 3 aliphatic rings. The van der Waals surface area contributed by atoms with Crippen molar-refractivity contribution in [2.24, 2.45) is 16.8 Å². The lowest BCUT2D eigenvalue weighted by Gasteiger charge is -2.42. The van der Waals surface area contributed by atoms with Gasteiger partial charge in [0, 0.05) is 45.8 Å². The van der Waals surface area contributed by atoms with Crippen molar-refractivity contribution in [3.8, 4) is 0 Å². The van der Waals surface area contributed by atoms with Gasteiger partial charge in [0.2, 0.25) is 0 Å². The summed E-state index contributed by atoms with van der Waals surface area (Å²) in [6, 6.07) is 0.746. The number of halogens is 3. The number of fused-ring (bicyclic) bond motifs is 2. The van der Waals surface area contributed by atoms with Gasteiger partial charge in [-0.15, -0.1) is 0 Å². The van der Waals surface area contributed by atoms with E-state index < -0.39 is 12.6 Å². The fraction of sp³-hybridized carbons (Fsp3) is 0.938. The Morgan fingerprint density at radius 1 is 1.13 bits per heavy atom. The first-order valence-electron chi connectivity index (χ1n) is 8.72. The van der Waals surface area contributed by atoms with Gasteiger partial charge in [-0.25, -0.2) is 0 Å². The Bertz CT molecular complexity index is 430. The van der Waals surface area contributed by atoms with Crippen molar-refractivity contribution >= 4 is 5.96 Å². The van der Waals surface area contributed by atoms with Crippen LogP contribution in [0.3, 0.4) is 0 Å². The van der Waals surface area contributed by atoms with Crippen LogP contribution in [0.5, 0.6) is 0 Å². The normalized spacial score (nSPS) is 32.6. The summed E-state index contributed by atoms with van der Waals surface area (Å²) in [4.78, 5) is 8.82. The molecule has 1 aliphatic heterocycles. The van der Waals surface area contributed by atoms with Crippen molar-refractivity contribution in [3.63, 3.8) is 0 Å².